The summed E-state index contributed by atoms with van der Waals surface area (Å²) >= 11 is 0. The van der Waals surface area contributed by atoms with Gasteiger partial charge in [-0.15, -0.1) is 0 Å². The Bertz CT molecular complexity index is 501. The molecule has 0 aromatic heterocycles. The Balaban J connectivity index is 0.000000567. The van der Waals surface area contributed by atoms with E-state index in [1.807, 2.05) is 45.1 Å². The van der Waals surface area contributed by atoms with Crippen molar-refractivity contribution < 1.29 is 4.79 Å². The molecule has 4 nitrogen and oxygen atoms in total. The van der Waals surface area contributed by atoms with Gasteiger partial charge in [0.1, 0.15) is 5.84 Å². The van der Waals surface area contributed by atoms with E-state index in [0.29, 0.717) is 18.5 Å². The number of carbonyl (C=O) groups excluding carboxylic acids is 1. The van der Waals surface area contributed by atoms with Gasteiger partial charge < -0.3 is 11.1 Å². The van der Waals surface area contributed by atoms with Gasteiger partial charge in [0.05, 0.1) is 0 Å². The van der Waals surface area contributed by atoms with Crippen LogP contribution in [0, 0.1) is 5.41 Å². The van der Waals surface area contributed by atoms with Crippen molar-refractivity contribution in [2.24, 2.45) is 5.73 Å². The lowest BCUT2D eigenvalue weighted by Crippen LogP contribution is -2.21. The van der Waals surface area contributed by atoms with E-state index in [2.05, 4.69) is 11.9 Å². The lowest BCUT2D eigenvalue weighted by atomic mass is 10.1. The maximum absolute atomic E-state index is 11.0. The van der Waals surface area contributed by atoms with Crippen molar-refractivity contribution >= 4 is 11.7 Å². The van der Waals surface area contributed by atoms with Crippen LogP contribution in [0.3, 0.4) is 0 Å². The first-order valence-corrected chi connectivity index (χ1v) is 6.89. The summed E-state index contributed by atoms with van der Waals surface area (Å²) in [5.74, 6) is 0.0878. The number of nitrogen functional groups attached to an aromatic ring is 1. The number of hydrogen-bond acceptors (Lipinski definition) is 2. The van der Waals surface area contributed by atoms with Crippen LogP contribution in [0.1, 0.15) is 38.3 Å². The van der Waals surface area contributed by atoms with Gasteiger partial charge >= 0.3 is 0 Å². The molecule has 1 amide bonds. The summed E-state index contributed by atoms with van der Waals surface area (Å²) in [4.78, 5) is 11.0. The van der Waals surface area contributed by atoms with E-state index in [-0.39, 0.29) is 11.7 Å². The minimum Gasteiger partial charge on any atom is -0.384 e. The average molecular weight is 287 g/mol. The number of benzene rings is 1. The number of carbonyl (C=O) groups is 1. The number of allylic oxidation sites excluding steroid dienone is 3. The van der Waals surface area contributed by atoms with Gasteiger partial charge in [-0.3, -0.25) is 10.2 Å². The molecule has 21 heavy (non-hydrogen) atoms. The number of nitrogens with two attached hydrogens (primary N) is 1. The quantitative estimate of drug-likeness (QED) is 0.442. The first-order valence-electron chi connectivity index (χ1n) is 6.89. The van der Waals surface area contributed by atoms with Gasteiger partial charge in [-0.1, -0.05) is 55.5 Å². The summed E-state index contributed by atoms with van der Waals surface area (Å²) in [6.07, 6.45) is 4.35. The Labute approximate surface area is 127 Å². The Morgan fingerprint density at radius 2 is 1.95 bits per heavy atom. The van der Waals surface area contributed by atoms with Crippen LogP contribution in [-0.4, -0.2) is 11.7 Å². The standard InChI is InChI=1S/C11H15N3O.C6H10/c1-2-10(15)14-7-8-3-5-9(6-4-8)11(12)13;1-4-6(3)5-2/h3-6H,2,7H2,1H3,(H3,12,13)(H,14,15);4-5H,1H2,2-3H3/b;6-5-. The van der Waals surface area contributed by atoms with Crippen LogP contribution in [-0.2, 0) is 11.3 Å². The molecule has 0 atom stereocenters. The molecular weight excluding hydrogens is 262 g/mol. The van der Waals surface area contributed by atoms with Crippen LogP contribution >= 0.6 is 0 Å². The molecule has 0 saturated carbocycles. The van der Waals surface area contributed by atoms with Gasteiger partial charge in [-0.05, 0) is 19.4 Å². The number of rotatable bonds is 5. The van der Waals surface area contributed by atoms with Crippen LogP contribution in [0.15, 0.2) is 48.6 Å². The molecule has 0 fully saturated rings. The van der Waals surface area contributed by atoms with Crippen molar-refractivity contribution in [3.05, 3.63) is 59.7 Å². The highest BCUT2D eigenvalue weighted by molar-refractivity contribution is 5.94. The largest absolute Gasteiger partial charge is 0.384 e. The average Bonchev–Trinajstić information content (AvgIpc) is 2.52. The molecule has 0 bridgehead atoms. The minimum atomic E-state index is 0.0330. The fraction of sp³-hybridized carbons (Fsp3) is 0.294. The number of amidine groups is 1. The smallest absolute Gasteiger partial charge is 0.219 e. The van der Waals surface area contributed by atoms with Crippen molar-refractivity contribution in [3.63, 3.8) is 0 Å². The van der Waals surface area contributed by atoms with Gasteiger partial charge in [0.2, 0.25) is 5.91 Å². The zero-order valence-electron chi connectivity index (χ0n) is 13.1. The van der Waals surface area contributed by atoms with E-state index in [1.165, 1.54) is 5.57 Å². The van der Waals surface area contributed by atoms with Gasteiger partial charge in [0.25, 0.3) is 0 Å². The van der Waals surface area contributed by atoms with E-state index in [0.717, 1.165) is 5.56 Å². The summed E-state index contributed by atoms with van der Waals surface area (Å²) in [7, 11) is 0. The molecule has 1 aromatic carbocycles. The second kappa shape index (κ2) is 10.4. The maximum atomic E-state index is 11.0. The Kier molecular flexibility index (Phi) is 9.26. The van der Waals surface area contributed by atoms with Crippen molar-refractivity contribution in [3.8, 4) is 0 Å². The Hall–Kier alpha value is -2.36. The van der Waals surface area contributed by atoms with Crippen molar-refractivity contribution in [1.29, 1.82) is 5.41 Å². The molecule has 0 aliphatic rings. The SMILES string of the molecule is C=C/C(C)=C\C.CCC(=O)NCc1ccc(C(=N)N)cc1. The second-order valence-corrected chi connectivity index (χ2v) is 4.48. The predicted octanol–water partition coefficient (Wildman–Crippen LogP) is 3.14. The fourth-order valence-electron chi connectivity index (χ4n) is 1.25. The predicted molar refractivity (Wildman–Crippen MR) is 89.2 cm³/mol. The molecule has 4 N–H and O–H groups in total. The first-order chi connectivity index (χ1) is 9.94. The number of nitrogens with one attached hydrogen (secondary N) is 2. The van der Waals surface area contributed by atoms with E-state index < -0.39 is 0 Å². The molecule has 0 spiro atoms. The van der Waals surface area contributed by atoms with Gasteiger partial charge in [0, 0.05) is 18.5 Å². The zero-order chi connectivity index (χ0) is 16.3. The molecule has 0 unspecified atom stereocenters. The molecule has 114 valence electrons. The molecule has 4 heteroatoms. The Morgan fingerprint density at radius 1 is 1.38 bits per heavy atom. The van der Waals surface area contributed by atoms with Gasteiger partial charge in [-0.25, -0.2) is 0 Å². The lowest BCUT2D eigenvalue weighted by Gasteiger charge is -2.04. The van der Waals surface area contributed by atoms with Crippen LogP contribution in [0.25, 0.3) is 0 Å². The van der Waals surface area contributed by atoms with E-state index in [4.69, 9.17) is 11.1 Å². The molecule has 1 aromatic rings. The zero-order valence-corrected chi connectivity index (χ0v) is 13.1. The van der Waals surface area contributed by atoms with Crippen LogP contribution in [0.4, 0.5) is 0 Å². The van der Waals surface area contributed by atoms with Crippen LogP contribution < -0.4 is 11.1 Å². The highest BCUT2D eigenvalue weighted by Gasteiger charge is 1.99. The molecule has 0 heterocycles. The highest BCUT2D eigenvalue weighted by atomic mass is 16.1. The molecule has 0 saturated heterocycles. The van der Waals surface area contributed by atoms with Gasteiger partial charge in [0.15, 0.2) is 0 Å². The minimum absolute atomic E-state index is 0.0330. The van der Waals surface area contributed by atoms with Crippen LogP contribution in [0.2, 0.25) is 0 Å². The molecule has 0 radical (unpaired) electrons. The topological polar surface area (TPSA) is 79.0 Å². The van der Waals surface area contributed by atoms with E-state index in [9.17, 15) is 4.79 Å². The molecule has 0 aliphatic heterocycles. The number of hydrogen-bond donors (Lipinski definition) is 3. The van der Waals surface area contributed by atoms with Crippen molar-refractivity contribution in [1.82, 2.24) is 5.32 Å². The summed E-state index contributed by atoms with van der Waals surface area (Å²) < 4.78 is 0. The van der Waals surface area contributed by atoms with Gasteiger partial charge in [-0.2, -0.15) is 0 Å². The summed E-state index contributed by atoms with van der Waals surface area (Å²) in [6.45, 7) is 9.91. The summed E-state index contributed by atoms with van der Waals surface area (Å²) in [5.41, 5.74) is 8.25. The third-order valence-electron chi connectivity index (χ3n) is 2.85. The maximum Gasteiger partial charge on any atom is 0.219 e. The highest BCUT2D eigenvalue weighted by Crippen LogP contribution is 2.03. The third-order valence-corrected chi connectivity index (χ3v) is 2.85. The Morgan fingerprint density at radius 3 is 2.29 bits per heavy atom. The van der Waals surface area contributed by atoms with Crippen molar-refractivity contribution in [2.75, 3.05) is 0 Å². The lowest BCUT2D eigenvalue weighted by molar-refractivity contribution is -0.120. The third kappa shape index (κ3) is 8.42. The fourth-order valence-corrected chi connectivity index (χ4v) is 1.25. The monoisotopic (exact) mass is 287 g/mol. The molecular formula is C17H25N3O. The summed E-state index contributed by atoms with van der Waals surface area (Å²) in [5, 5.41) is 9.99. The number of amides is 1. The van der Waals surface area contributed by atoms with Crippen LogP contribution in [0.5, 0.6) is 0 Å². The van der Waals surface area contributed by atoms with Crippen molar-refractivity contribution in [2.45, 2.75) is 33.7 Å². The first kappa shape index (κ1) is 18.6. The second-order valence-electron chi connectivity index (χ2n) is 4.48. The molecule has 1 rings (SSSR count). The van der Waals surface area contributed by atoms with E-state index >= 15 is 0 Å². The summed E-state index contributed by atoms with van der Waals surface area (Å²) in [6, 6.07) is 7.25. The normalized spacial score (nSPS) is 10.1. The van der Waals surface area contributed by atoms with E-state index in [1.54, 1.807) is 12.1 Å². The molecule has 0 aliphatic carbocycles.